The summed E-state index contributed by atoms with van der Waals surface area (Å²) in [5.74, 6) is 1.23. The molecule has 1 saturated heterocycles. The number of aromatic nitrogens is 4. The normalized spacial score (nSPS) is 19.3. The van der Waals surface area contributed by atoms with Crippen molar-refractivity contribution in [1.29, 1.82) is 0 Å². The topological polar surface area (TPSA) is 116 Å². The Bertz CT molecular complexity index is 1110. The van der Waals surface area contributed by atoms with Crippen LogP contribution in [0.1, 0.15) is 50.2 Å². The number of nitrogens with zero attached hydrogens (tertiary/aromatic N) is 5. The maximum atomic E-state index is 13.2. The number of piperazine rings is 1. The van der Waals surface area contributed by atoms with Gasteiger partial charge in [0.05, 0.1) is 31.5 Å². The van der Waals surface area contributed by atoms with Crippen LogP contribution in [0.5, 0.6) is 0 Å². The largest absolute Gasteiger partial charge is 0.423 e. The van der Waals surface area contributed by atoms with Gasteiger partial charge in [-0.2, -0.15) is 18.3 Å². The van der Waals surface area contributed by atoms with E-state index in [1.165, 1.54) is 18.4 Å². The zero-order valence-corrected chi connectivity index (χ0v) is 20.2. The summed E-state index contributed by atoms with van der Waals surface area (Å²) in [5, 5.41) is 7.83. The fraction of sp³-hybridized carbons (Fsp3) is 0.609. The summed E-state index contributed by atoms with van der Waals surface area (Å²) in [6, 6.07) is -0.568. The Morgan fingerprint density at radius 3 is 2.61 bits per heavy atom. The zero-order valence-electron chi connectivity index (χ0n) is 20.2. The van der Waals surface area contributed by atoms with Gasteiger partial charge in [0, 0.05) is 44.1 Å². The van der Waals surface area contributed by atoms with E-state index in [1.807, 2.05) is 19.3 Å². The molecule has 10 nitrogen and oxygen atoms in total. The van der Waals surface area contributed by atoms with Crippen LogP contribution in [0.15, 0.2) is 23.4 Å². The summed E-state index contributed by atoms with van der Waals surface area (Å²) in [5.41, 5.74) is -1.89. The molecule has 2 N–H and O–H groups in total. The molecule has 1 aliphatic heterocycles. The summed E-state index contributed by atoms with van der Waals surface area (Å²) in [6.07, 6.45) is 2.44. The second kappa shape index (κ2) is 10.8. The Morgan fingerprint density at radius 2 is 1.97 bits per heavy atom. The van der Waals surface area contributed by atoms with Crippen molar-refractivity contribution >= 4 is 17.5 Å². The molecule has 2 aromatic heterocycles. The van der Waals surface area contributed by atoms with Gasteiger partial charge in [0.25, 0.3) is 5.56 Å². The Morgan fingerprint density at radius 1 is 1.25 bits per heavy atom. The molecule has 3 heterocycles. The number of nitrogens with one attached hydrogen (secondary N) is 2. The van der Waals surface area contributed by atoms with Crippen LogP contribution in [-0.4, -0.2) is 75.9 Å². The van der Waals surface area contributed by atoms with Gasteiger partial charge in [-0.15, -0.1) is 0 Å². The number of hydrogen-bond donors (Lipinski definition) is 2. The van der Waals surface area contributed by atoms with Gasteiger partial charge in [-0.25, -0.2) is 15.1 Å². The standard InChI is InChI=1S/C23H30F3N7O3/c1-14(30-18-11-29-31-21(35)20(18)23(24,25)26)13-36-8-5-19(34)33-7-6-32(12-15(33)2)22-27-9-17(10-28-22)16-3-4-16/h9-11,14-16H,3-8,12-13H2,1-2H3,(H2,30,31,35)/t14-,15+/m0/s1. The highest BCUT2D eigenvalue weighted by molar-refractivity contribution is 5.77. The van der Waals surface area contributed by atoms with E-state index in [4.69, 9.17) is 4.74 Å². The van der Waals surface area contributed by atoms with E-state index in [2.05, 4.69) is 25.3 Å². The number of anilines is 2. The van der Waals surface area contributed by atoms with Crippen molar-refractivity contribution in [1.82, 2.24) is 25.1 Å². The molecule has 0 bridgehead atoms. The molecule has 0 unspecified atom stereocenters. The highest BCUT2D eigenvalue weighted by Crippen LogP contribution is 2.39. The van der Waals surface area contributed by atoms with Crippen molar-refractivity contribution in [3.8, 4) is 0 Å². The first-order valence-electron chi connectivity index (χ1n) is 12.0. The van der Waals surface area contributed by atoms with Crippen molar-refractivity contribution in [2.45, 2.75) is 57.3 Å². The highest BCUT2D eigenvalue weighted by atomic mass is 19.4. The van der Waals surface area contributed by atoms with Gasteiger partial charge in [0.1, 0.15) is 5.56 Å². The monoisotopic (exact) mass is 509 g/mol. The molecule has 1 amide bonds. The van der Waals surface area contributed by atoms with E-state index in [0.717, 1.165) is 6.20 Å². The summed E-state index contributed by atoms with van der Waals surface area (Å²) in [7, 11) is 0. The van der Waals surface area contributed by atoms with E-state index in [0.29, 0.717) is 31.5 Å². The number of aromatic amines is 1. The van der Waals surface area contributed by atoms with Crippen molar-refractivity contribution in [2.75, 3.05) is 43.1 Å². The third kappa shape index (κ3) is 6.31. The molecule has 0 aromatic carbocycles. The van der Waals surface area contributed by atoms with E-state index < -0.39 is 29.0 Å². The molecule has 0 radical (unpaired) electrons. The molecule has 36 heavy (non-hydrogen) atoms. The van der Waals surface area contributed by atoms with Gasteiger partial charge >= 0.3 is 6.18 Å². The Hall–Kier alpha value is -3.22. The molecule has 2 aromatic rings. The van der Waals surface area contributed by atoms with Gasteiger partial charge in [-0.1, -0.05) is 0 Å². The van der Waals surface area contributed by atoms with E-state index >= 15 is 0 Å². The number of halogens is 3. The van der Waals surface area contributed by atoms with Crippen molar-refractivity contribution in [3.63, 3.8) is 0 Å². The second-order valence-corrected chi connectivity index (χ2v) is 9.33. The third-order valence-electron chi connectivity index (χ3n) is 6.31. The first-order chi connectivity index (χ1) is 17.1. The number of hydrogen-bond acceptors (Lipinski definition) is 8. The zero-order chi connectivity index (χ0) is 25.9. The summed E-state index contributed by atoms with van der Waals surface area (Å²) >= 11 is 0. The molecule has 196 valence electrons. The van der Waals surface area contributed by atoms with Crippen LogP contribution in [0.3, 0.4) is 0 Å². The van der Waals surface area contributed by atoms with Crippen LogP contribution in [0.25, 0.3) is 0 Å². The molecule has 1 aliphatic carbocycles. The van der Waals surface area contributed by atoms with Gasteiger partial charge in [0.2, 0.25) is 11.9 Å². The maximum Gasteiger partial charge on any atom is 0.423 e. The van der Waals surface area contributed by atoms with Crippen LogP contribution < -0.4 is 15.8 Å². The van der Waals surface area contributed by atoms with E-state index in [1.54, 1.807) is 16.9 Å². The minimum Gasteiger partial charge on any atom is -0.379 e. The second-order valence-electron chi connectivity index (χ2n) is 9.33. The lowest BCUT2D eigenvalue weighted by molar-refractivity contribution is -0.138. The predicted octanol–water partition coefficient (Wildman–Crippen LogP) is 2.40. The van der Waals surface area contributed by atoms with Crippen LogP contribution in [0.2, 0.25) is 0 Å². The van der Waals surface area contributed by atoms with Crippen molar-refractivity contribution in [3.05, 3.63) is 40.1 Å². The number of alkyl halides is 3. The molecule has 1 saturated carbocycles. The molecular formula is C23H30F3N7O3. The molecule has 2 atom stereocenters. The molecule has 4 rings (SSSR count). The van der Waals surface area contributed by atoms with Gasteiger partial charge in [-0.05, 0) is 38.2 Å². The lowest BCUT2D eigenvalue weighted by atomic mass is 10.2. The number of ether oxygens (including phenoxy) is 1. The minimum atomic E-state index is -4.82. The highest BCUT2D eigenvalue weighted by Gasteiger charge is 2.37. The van der Waals surface area contributed by atoms with Gasteiger partial charge < -0.3 is 19.9 Å². The summed E-state index contributed by atoms with van der Waals surface area (Å²) < 4.78 is 45.0. The minimum absolute atomic E-state index is 0.0250. The Kier molecular flexibility index (Phi) is 7.76. The number of carbonyl (C=O) groups is 1. The third-order valence-corrected chi connectivity index (χ3v) is 6.31. The summed E-state index contributed by atoms with van der Waals surface area (Å²) in [6.45, 7) is 5.57. The van der Waals surface area contributed by atoms with Gasteiger partial charge in [-0.3, -0.25) is 9.59 Å². The van der Waals surface area contributed by atoms with Crippen molar-refractivity contribution in [2.24, 2.45) is 0 Å². The van der Waals surface area contributed by atoms with Crippen LogP contribution in [0, 0.1) is 0 Å². The smallest absolute Gasteiger partial charge is 0.379 e. The fourth-order valence-corrected chi connectivity index (χ4v) is 4.29. The SMILES string of the molecule is C[C@@H]1CN(c2ncc(C3CC3)cn2)CCN1C(=O)CCOC[C@H](C)Nc1cn[nH]c(=O)c1C(F)(F)F. The first-order valence-corrected chi connectivity index (χ1v) is 12.0. The number of amides is 1. The number of H-pyrrole nitrogens is 1. The van der Waals surface area contributed by atoms with E-state index in [9.17, 15) is 22.8 Å². The van der Waals surface area contributed by atoms with Crippen molar-refractivity contribution < 1.29 is 22.7 Å². The van der Waals surface area contributed by atoms with Crippen LogP contribution in [-0.2, 0) is 15.7 Å². The molecule has 13 heteroatoms. The Balaban J connectivity index is 1.20. The molecule has 2 aliphatic rings. The average molecular weight is 510 g/mol. The fourth-order valence-electron chi connectivity index (χ4n) is 4.29. The maximum absolute atomic E-state index is 13.2. The predicted molar refractivity (Wildman–Crippen MR) is 126 cm³/mol. The van der Waals surface area contributed by atoms with Crippen LogP contribution in [0.4, 0.5) is 24.8 Å². The molecule has 0 spiro atoms. The van der Waals surface area contributed by atoms with Crippen LogP contribution >= 0.6 is 0 Å². The lowest BCUT2D eigenvalue weighted by Gasteiger charge is -2.40. The lowest BCUT2D eigenvalue weighted by Crippen LogP contribution is -2.54. The number of rotatable bonds is 9. The summed E-state index contributed by atoms with van der Waals surface area (Å²) in [4.78, 5) is 37.2. The Labute approximate surface area is 206 Å². The average Bonchev–Trinajstić information content (AvgIpc) is 3.66. The molecule has 2 fully saturated rings. The van der Waals surface area contributed by atoms with Gasteiger partial charge in [0.15, 0.2) is 0 Å². The number of carbonyl (C=O) groups excluding carboxylic acids is 1. The quantitative estimate of drug-likeness (QED) is 0.495. The first kappa shape index (κ1) is 25.9. The molecular weight excluding hydrogens is 479 g/mol. The van der Waals surface area contributed by atoms with E-state index in [-0.39, 0.29) is 31.6 Å².